The Hall–Kier alpha value is -1.62. The number of piperidine rings is 1. The monoisotopic (exact) mass is 358 g/mol. The molecule has 0 unspecified atom stereocenters. The number of rotatable bonds is 3. The Labute approximate surface area is 153 Å². The van der Waals surface area contributed by atoms with Crippen molar-refractivity contribution in [3.63, 3.8) is 0 Å². The first kappa shape index (κ1) is 16.8. The second-order valence-electron chi connectivity index (χ2n) is 7.38. The molecule has 0 spiro atoms. The number of ether oxygens (including phenoxy) is 1. The second kappa shape index (κ2) is 7.32. The molecule has 0 bridgehead atoms. The van der Waals surface area contributed by atoms with Gasteiger partial charge in [-0.1, -0.05) is 42.7 Å². The maximum Gasteiger partial charge on any atom is 0.274 e. The molecule has 134 valence electrons. The van der Waals surface area contributed by atoms with Gasteiger partial charge in [-0.3, -0.25) is 4.79 Å². The smallest absolute Gasteiger partial charge is 0.274 e. The number of aryl methyl sites for hydroxylation is 1. The van der Waals surface area contributed by atoms with Gasteiger partial charge in [0.15, 0.2) is 0 Å². The van der Waals surface area contributed by atoms with Crippen LogP contribution in [0.5, 0.6) is 5.19 Å². The lowest BCUT2D eigenvalue weighted by atomic mass is 9.88. The molecule has 25 heavy (non-hydrogen) atoms. The molecule has 4 nitrogen and oxygen atoms in total. The zero-order valence-electron chi connectivity index (χ0n) is 14.9. The number of aromatic nitrogens is 1. The Kier molecular flexibility index (Phi) is 4.93. The van der Waals surface area contributed by atoms with Crippen molar-refractivity contribution in [2.45, 2.75) is 58.0 Å². The zero-order valence-corrected chi connectivity index (χ0v) is 15.7. The summed E-state index contributed by atoms with van der Waals surface area (Å²) in [7, 11) is 0. The van der Waals surface area contributed by atoms with Crippen LogP contribution in [0.1, 0.15) is 50.5 Å². The van der Waals surface area contributed by atoms with Gasteiger partial charge < -0.3 is 9.64 Å². The van der Waals surface area contributed by atoms with Gasteiger partial charge in [0.25, 0.3) is 5.19 Å². The van der Waals surface area contributed by atoms with Crippen LogP contribution in [-0.4, -0.2) is 35.0 Å². The highest BCUT2D eigenvalue weighted by molar-refractivity contribution is 7.20. The van der Waals surface area contributed by atoms with E-state index in [1.54, 1.807) is 11.3 Å². The fourth-order valence-corrected chi connectivity index (χ4v) is 5.02. The van der Waals surface area contributed by atoms with E-state index in [2.05, 4.69) is 35.0 Å². The lowest BCUT2D eigenvalue weighted by molar-refractivity contribution is -0.138. The van der Waals surface area contributed by atoms with Crippen molar-refractivity contribution in [2.24, 2.45) is 5.92 Å². The molecular weight excluding hydrogens is 332 g/mol. The summed E-state index contributed by atoms with van der Waals surface area (Å²) in [6, 6.07) is 6.24. The van der Waals surface area contributed by atoms with Crippen LogP contribution in [0.4, 0.5) is 0 Å². The molecule has 1 aliphatic carbocycles. The van der Waals surface area contributed by atoms with E-state index in [4.69, 9.17) is 4.74 Å². The predicted octanol–water partition coefficient (Wildman–Crippen LogP) is 4.55. The number of amides is 1. The average molecular weight is 359 g/mol. The fraction of sp³-hybridized carbons (Fsp3) is 0.600. The molecule has 2 aliphatic rings. The Morgan fingerprint density at radius 2 is 1.92 bits per heavy atom. The summed E-state index contributed by atoms with van der Waals surface area (Å²) in [5, 5.41) is 0.765. The quantitative estimate of drug-likeness (QED) is 0.808. The van der Waals surface area contributed by atoms with Crippen LogP contribution in [0.25, 0.3) is 10.2 Å². The van der Waals surface area contributed by atoms with Gasteiger partial charge in [0.1, 0.15) is 6.10 Å². The fourth-order valence-electron chi connectivity index (χ4n) is 4.06. The van der Waals surface area contributed by atoms with Crippen LogP contribution >= 0.6 is 11.3 Å². The van der Waals surface area contributed by atoms with Gasteiger partial charge >= 0.3 is 0 Å². The molecule has 0 radical (unpaired) electrons. The second-order valence-corrected chi connectivity index (χ2v) is 8.37. The van der Waals surface area contributed by atoms with E-state index in [1.165, 1.54) is 29.5 Å². The summed E-state index contributed by atoms with van der Waals surface area (Å²) < 4.78 is 7.32. The average Bonchev–Trinajstić information content (AvgIpc) is 3.06. The number of likely N-dealkylation sites (tertiary alicyclic amines) is 1. The van der Waals surface area contributed by atoms with Crippen molar-refractivity contribution >= 4 is 27.5 Å². The van der Waals surface area contributed by atoms with Crippen LogP contribution in [-0.2, 0) is 4.79 Å². The van der Waals surface area contributed by atoms with Crippen LogP contribution in [0.2, 0.25) is 0 Å². The number of carbonyl (C=O) groups excluding carboxylic acids is 1. The molecule has 1 aromatic heterocycles. The van der Waals surface area contributed by atoms with Gasteiger partial charge in [-0.05, 0) is 31.4 Å². The van der Waals surface area contributed by atoms with Gasteiger partial charge in [0.2, 0.25) is 5.91 Å². The van der Waals surface area contributed by atoms with E-state index in [-0.39, 0.29) is 12.0 Å². The number of carbonyl (C=O) groups is 1. The summed E-state index contributed by atoms with van der Waals surface area (Å²) in [5.74, 6) is 0.659. The number of nitrogens with zero attached hydrogens (tertiary/aromatic N) is 2. The Bertz CT molecular complexity index is 743. The number of hydrogen-bond donors (Lipinski definition) is 0. The number of thiazole rings is 1. The van der Waals surface area contributed by atoms with Crippen LogP contribution in [0, 0.1) is 12.8 Å². The normalized spacial score (nSPS) is 20.1. The highest BCUT2D eigenvalue weighted by atomic mass is 32.1. The van der Waals surface area contributed by atoms with E-state index in [1.807, 2.05) is 0 Å². The standard InChI is InChI=1S/C20H26N2O2S/c1-14-6-5-9-17-18(14)21-20(25-17)24-16-10-12-22(13-11-16)19(23)15-7-3-2-4-8-15/h5-6,9,15-16H,2-4,7-8,10-13H2,1H3. The molecule has 4 rings (SSSR count). The minimum Gasteiger partial charge on any atom is -0.467 e. The lowest BCUT2D eigenvalue weighted by Gasteiger charge is -2.34. The van der Waals surface area contributed by atoms with Crippen molar-refractivity contribution in [1.29, 1.82) is 0 Å². The van der Waals surface area contributed by atoms with Crippen LogP contribution in [0.3, 0.4) is 0 Å². The summed E-state index contributed by atoms with van der Waals surface area (Å²) in [5.41, 5.74) is 2.24. The minimum atomic E-state index is 0.177. The topological polar surface area (TPSA) is 42.4 Å². The Morgan fingerprint density at radius 3 is 2.64 bits per heavy atom. The maximum absolute atomic E-state index is 12.6. The SMILES string of the molecule is Cc1cccc2sc(OC3CCN(C(=O)C4CCCCC4)CC3)nc12. The number of hydrogen-bond acceptors (Lipinski definition) is 4. The van der Waals surface area contributed by atoms with E-state index < -0.39 is 0 Å². The molecule has 1 saturated heterocycles. The van der Waals surface area contributed by atoms with Crippen LogP contribution in [0.15, 0.2) is 18.2 Å². The summed E-state index contributed by atoms with van der Waals surface area (Å²) >= 11 is 1.62. The van der Waals surface area contributed by atoms with Crippen molar-refractivity contribution in [1.82, 2.24) is 9.88 Å². The van der Waals surface area contributed by atoms with E-state index in [9.17, 15) is 4.79 Å². The largest absolute Gasteiger partial charge is 0.467 e. The molecule has 2 fully saturated rings. The van der Waals surface area contributed by atoms with Crippen LogP contribution < -0.4 is 4.74 Å². The molecule has 2 aromatic rings. The van der Waals surface area contributed by atoms with Gasteiger partial charge in [0, 0.05) is 31.8 Å². The van der Waals surface area contributed by atoms with Crippen molar-refractivity contribution in [2.75, 3.05) is 13.1 Å². The van der Waals surface area contributed by atoms with Gasteiger partial charge in [-0.2, -0.15) is 0 Å². The van der Waals surface area contributed by atoms with E-state index >= 15 is 0 Å². The Morgan fingerprint density at radius 1 is 1.16 bits per heavy atom. The first-order chi connectivity index (χ1) is 12.2. The number of para-hydroxylation sites is 1. The van der Waals surface area contributed by atoms with E-state index in [0.717, 1.165) is 49.5 Å². The van der Waals surface area contributed by atoms with Gasteiger partial charge in [0.05, 0.1) is 10.2 Å². The molecule has 1 aromatic carbocycles. The summed E-state index contributed by atoms with van der Waals surface area (Å²) in [6.07, 6.45) is 7.89. The summed E-state index contributed by atoms with van der Waals surface area (Å²) in [6.45, 7) is 3.73. The molecule has 2 heterocycles. The Balaban J connectivity index is 1.33. The third kappa shape index (κ3) is 3.66. The lowest BCUT2D eigenvalue weighted by Crippen LogP contribution is -2.44. The number of benzene rings is 1. The minimum absolute atomic E-state index is 0.177. The molecule has 5 heteroatoms. The molecule has 0 atom stereocenters. The third-order valence-corrected chi connectivity index (χ3v) is 6.49. The first-order valence-corrected chi connectivity index (χ1v) is 10.3. The molecule has 0 N–H and O–H groups in total. The first-order valence-electron chi connectivity index (χ1n) is 9.52. The third-order valence-electron chi connectivity index (χ3n) is 5.58. The van der Waals surface area contributed by atoms with Crippen molar-refractivity contribution in [3.8, 4) is 5.19 Å². The van der Waals surface area contributed by atoms with Crippen molar-refractivity contribution < 1.29 is 9.53 Å². The molecule has 1 aliphatic heterocycles. The van der Waals surface area contributed by atoms with Crippen molar-refractivity contribution in [3.05, 3.63) is 23.8 Å². The van der Waals surface area contributed by atoms with Gasteiger partial charge in [-0.25, -0.2) is 4.98 Å². The molecule has 1 amide bonds. The van der Waals surface area contributed by atoms with E-state index in [0.29, 0.717) is 5.91 Å². The highest BCUT2D eigenvalue weighted by Crippen LogP contribution is 2.32. The highest BCUT2D eigenvalue weighted by Gasteiger charge is 2.30. The molecular formula is C20H26N2O2S. The summed E-state index contributed by atoms with van der Waals surface area (Å²) in [4.78, 5) is 19.4. The molecule has 1 saturated carbocycles. The predicted molar refractivity (Wildman–Crippen MR) is 101 cm³/mol. The maximum atomic E-state index is 12.6. The van der Waals surface area contributed by atoms with Gasteiger partial charge in [-0.15, -0.1) is 0 Å². The number of fused-ring (bicyclic) bond motifs is 1. The zero-order chi connectivity index (χ0) is 17.2.